The van der Waals surface area contributed by atoms with E-state index in [1.54, 1.807) is 0 Å². The number of esters is 1. The summed E-state index contributed by atoms with van der Waals surface area (Å²) < 4.78 is 75.8. The highest BCUT2D eigenvalue weighted by Crippen LogP contribution is 2.44. The van der Waals surface area contributed by atoms with Crippen LogP contribution in [0.15, 0.2) is 48.5 Å². The van der Waals surface area contributed by atoms with Gasteiger partial charge in [0, 0.05) is 19.1 Å². The molecule has 0 bridgehead atoms. The molecular formula is C44H69NO16. The van der Waals surface area contributed by atoms with E-state index in [2.05, 4.69) is 34.3 Å². The zero-order chi connectivity index (χ0) is 43.1. The Morgan fingerprint density at radius 3 is 1.10 bits per heavy atom. The number of amides is 1. The van der Waals surface area contributed by atoms with Crippen molar-refractivity contribution in [1.82, 2.24) is 5.32 Å². The van der Waals surface area contributed by atoms with E-state index in [4.69, 9.17) is 61.6 Å². The topological polar surface area (TPSA) is 175 Å². The van der Waals surface area contributed by atoms with Crippen molar-refractivity contribution in [3.05, 3.63) is 59.7 Å². The quantitative estimate of drug-likeness (QED) is 0.0755. The van der Waals surface area contributed by atoms with E-state index in [0.717, 1.165) is 0 Å². The number of carbonyl (C=O) groups is 2. The number of ether oxygens (including phenoxy) is 14. The molecule has 0 aromatic heterocycles. The van der Waals surface area contributed by atoms with Crippen molar-refractivity contribution in [2.45, 2.75) is 18.8 Å². The second kappa shape index (κ2) is 37.3. The predicted octanol–water partition coefficient (Wildman–Crippen LogP) is 3.68. The molecule has 1 aliphatic carbocycles. The average Bonchev–Trinajstić information content (AvgIpc) is 3.60. The molecule has 0 aliphatic heterocycles. The summed E-state index contributed by atoms with van der Waals surface area (Å²) in [5.41, 5.74) is 4.79. The van der Waals surface area contributed by atoms with Gasteiger partial charge in [-0.3, -0.25) is 4.79 Å². The van der Waals surface area contributed by atoms with Crippen LogP contribution in [-0.4, -0.2) is 191 Å². The Labute approximate surface area is 361 Å². The Morgan fingerprint density at radius 2 is 0.754 bits per heavy atom. The fourth-order valence-electron chi connectivity index (χ4n) is 5.79. The van der Waals surface area contributed by atoms with Gasteiger partial charge in [0.05, 0.1) is 165 Å². The fourth-order valence-corrected chi connectivity index (χ4v) is 5.79. The lowest BCUT2D eigenvalue weighted by Gasteiger charge is -2.14. The number of methoxy groups -OCH3 is 1. The van der Waals surface area contributed by atoms with E-state index in [-0.39, 0.29) is 18.3 Å². The number of carbonyl (C=O) groups excluding carboxylic acids is 2. The Balaban J connectivity index is 0.918. The third kappa shape index (κ3) is 26.1. The van der Waals surface area contributed by atoms with Crippen molar-refractivity contribution in [3.63, 3.8) is 0 Å². The molecule has 0 atom stereocenters. The van der Waals surface area contributed by atoms with Crippen molar-refractivity contribution < 1.29 is 75.9 Å². The minimum Gasteiger partial charge on any atom is -0.469 e. The third-order valence-electron chi connectivity index (χ3n) is 8.85. The molecule has 0 radical (unpaired) electrons. The lowest BCUT2D eigenvalue weighted by molar-refractivity contribution is -0.141. The first kappa shape index (κ1) is 52.0. The number of alkyl carbamates (subject to hydrolysis) is 1. The highest BCUT2D eigenvalue weighted by molar-refractivity contribution is 5.79. The third-order valence-corrected chi connectivity index (χ3v) is 8.85. The van der Waals surface area contributed by atoms with Crippen molar-refractivity contribution in [1.29, 1.82) is 0 Å². The molecule has 0 fully saturated rings. The second-order valence-corrected chi connectivity index (χ2v) is 13.3. The van der Waals surface area contributed by atoms with Gasteiger partial charge in [-0.25, -0.2) is 4.79 Å². The van der Waals surface area contributed by atoms with Gasteiger partial charge in [0.1, 0.15) is 6.61 Å². The van der Waals surface area contributed by atoms with Crippen LogP contribution in [0.5, 0.6) is 0 Å². The molecule has 2 aromatic carbocycles. The standard InChI is InChI=1S/C44H69NO16/c1-48-43(46)11-14-50-16-18-52-20-22-54-24-26-56-28-30-58-32-34-60-36-35-59-33-31-57-29-27-55-25-23-53-21-19-51-17-15-49-13-6-12-45-44(47)61-37-42-40-9-4-2-7-38(40)39-8-3-5-10-41(39)42/h2-5,7-10,42H,6,11-37H2,1H3,(H,45,47). The maximum atomic E-state index is 12.3. The van der Waals surface area contributed by atoms with Crippen molar-refractivity contribution in [2.75, 3.05) is 179 Å². The van der Waals surface area contributed by atoms with Crippen molar-refractivity contribution in [3.8, 4) is 11.1 Å². The molecule has 1 aliphatic rings. The van der Waals surface area contributed by atoms with Crippen LogP contribution in [0.3, 0.4) is 0 Å². The molecule has 3 rings (SSSR count). The van der Waals surface area contributed by atoms with Crippen LogP contribution in [0, 0.1) is 0 Å². The molecule has 17 heteroatoms. The second-order valence-electron chi connectivity index (χ2n) is 13.3. The van der Waals surface area contributed by atoms with Crippen LogP contribution in [0.2, 0.25) is 0 Å². The molecule has 2 aromatic rings. The van der Waals surface area contributed by atoms with E-state index < -0.39 is 6.09 Å². The molecule has 0 spiro atoms. The monoisotopic (exact) mass is 867 g/mol. The first-order valence-corrected chi connectivity index (χ1v) is 21.3. The van der Waals surface area contributed by atoms with Gasteiger partial charge in [0.25, 0.3) is 0 Å². The Bertz CT molecular complexity index is 1320. The maximum absolute atomic E-state index is 12.3. The molecule has 0 heterocycles. The van der Waals surface area contributed by atoms with E-state index in [9.17, 15) is 9.59 Å². The molecule has 0 saturated carbocycles. The molecule has 1 amide bonds. The van der Waals surface area contributed by atoms with Gasteiger partial charge in [0.15, 0.2) is 0 Å². The smallest absolute Gasteiger partial charge is 0.407 e. The van der Waals surface area contributed by atoms with Crippen LogP contribution in [0.4, 0.5) is 4.79 Å². The van der Waals surface area contributed by atoms with Gasteiger partial charge in [-0.1, -0.05) is 48.5 Å². The normalized spacial score (nSPS) is 12.1. The van der Waals surface area contributed by atoms with Gasteiger partial charge in [-0.05, 0) is 28.7 Å². The first-order valence-electron chi connectivity index (χ1n) is 21.3. The predicted molar refractivity (Wildman–Crippen MR) is 224 cm³/mol. The number of nitrogens with one attached hydrogen (secondary N) is 1. The highest BCUT2D eigenvalue weighted by atomic mass is 16.6. The largest absolute Gasteiger partial charge is 0.469 e. The van der Waals surface area contributed by atoms with E-state index >= 15 is 0 Å². The number of benzene rings is 2. The Hall–Kier alpha value is -3.30. The van der Waals surface area contributed by atoms with Crippen LogP contribution in [0.25, 0.3) is 11.1 Å². The van der Waals surface area contributed by atoms with Gasteiger partial charge >= 0.3 is 12.1 Å². The summed E-state index contributed by atoms with van der Waals surface area (Å²) in [6.07, 6.45) is 0.499. The van der Waals surface area contributed by atoms with Crippen LogP contribution in [0.1, 0.15) is 29.9 Å². The first-order chi connectivity index (χ1) is 30.2. The van der Waals surface area contributed by atoms with Gasteiger partial charge < -0.3 is 71.6 Å². The van der Waals surface area contributed by atoms with Crippen LogP contribution in [-0.2, 0) is 71.1 Å². The summed E-state index contributed by atoms with van der Waals surface area (Å²) in [5.74, 6) is -0.245. The molecule has 0 saturated heterocycles. The Kier molecular flexibility index (Phi) is 31.8. The summed E-state index contributed by atoms with van der Waals surface area (Å²) in [7, 11) is 1.35. The lowest BCUT2D eigenvalue weighted by atomic mass is 9.98. The van der Waals surface area contributed by atoms with E-state index in [1.165, 1.54) is 29.4 Å². The van der Waals surface area contributed by atoms with Crippen LogP contribution >= 0.6 is 0 Å². The average molecular weight is 868 g/mol. The number of rotatable bonds is 42. The van der Waals surface area contributed by atoms with Crippen LogP contribution < -0.4 is 5.32 Å². The molecule has 17 nitrogen and oxygen atoms in total. The summed E-state index contributed by atoms with van der Waals surface area (Å²) in [6, 6.07) is 16.6. The van der Waals surface area contributed by atoms with Crippen molar-refractivity contribution >= 4 is 12.1 Å². The fraction of sp³-hybridized carbons (Fsp3) is 0.682. The zero-order valence-corrected chi connectivity index (χ0v) is 36.0. The molecule has 346 valence electrons. The highest BCUT2D eigenvalue weighted by Gasteiger charge is 2.29. The van der Waals surface area contributed by atoms with Crippen molar-refractivity contribution in [2.24, 2.45) is 0 Å². The molecule has 0 unspecified atom stereocenters. The number of fused-ring (bicyclic) bond motifs is 3. The van der Waals surface area contributed by atoms with Gasteiger partial charge in [-0.15, -0.1) is 0 Å². The molecular weight excluding hydrogens is 798 g/mol. The molecule has 61 heavy (non-hydrogen) atoms. The summed E-state index contributed by atoms with van der Waals surface area (Å²) in [6.45, 7) is 12.1. The summed E-state index contributed by atoms with van der Waals surface area (Å²) in [5, 5.41) is 2.80. The summed E-state index contributed by atoms with van der Waals surface area (Å²) >= 11 is 0. The minimum absolute atomic E-state index is 0.0448. The van der Waals surface area contributed by atoms with E-state index in [0.29, 0.717) is 178 Å². The lowest BCUT2D eigenvalue weighted by Crippen LogP contribution is -2.27. The Morgan fingerprint density at radius 1 is 0.443 bits per heavy atom. The zero-order valence-electron chi connectivity index (χ0n) is 36.0. The van der Waals surface area contributed by atoms with Gasteiger partial charge in [-0.2, -0.15) is 0 Å². The molecule has 1 N–H and O–H groups in total. The van der Waals surface area contributed by atoms with E-state index in [1.807, 2.05) is 24.3 Å². The van der Waals surface area contributed by atoms with Gasteiger partial charge in [0.2, 0.25) is 0 Å². The maximum Gasteiger partial charge on any atom is 0.407 e. The SMILES string of the molecule is COC(=O)CCOCCOCCOCCOCCOCCOCCOCCOCCOCCOCCOCCOCCCNC(=O)OCC1c2ccccc2-c2ccccc21. The summed E-state index contributed by atoms with van der Waals surface area (Å²) in [4.78, 5) is 23.2. The number of hydrogen-bond acceptors (Lipinski definition) is 16. The minimum atomic E-state index is -0.419. The number of hydrogen-bond donors (Lipinski definition) is 1.